The van der Waals surface area contributed by atoms with E-state index in [1.807, 2.05) is 0 Å². The zero-order chi connectivity index (χ0) is 12.7. The molecule has 7 heteroatoms. The molecular weight excluding hydrogens is 228 g/mol. The SMILES string of the molecule is O=C(NCCOCC1CC1)N[C@@H](CO)C(=O)O. The third kappa shape index (κ3) is 6.08. The molecule has 0 heterocycles. The van der Waals surface area contributed by atoms with E-state index in [2.05, 4.69) is 10.6 Å². The lowest BCUT2D eigenvalue weighted by Crippen LogP contribution is -2.48. The highest BCUT2D eigenvalue weighted by atomic mass is 16.5. The number of carboxylic acid groups (broad SMARTS) is 1. The Kier molecular flexibility index (Phi) is 5.71. The van der Waals surface area contributed by atoms with Crippen LogP contribution in [0.5, 0.6) is 0 Å². The molecule has 2 amide bonds. The van der Waals surface area contributed by atoms with Crippen molar-refractivity contribution in [3.63, 3.8) is 0 Å². The Bertz CT molecular complexity index is 267. The normalized spacial score (nSPS) is 16.3. The molecule has 0 unspecified atom stereocenters. The number of aliphatic carboxylic acids is 1. The van der Waals surface area contributed by atoms with Gasteiger partial charge in [0.15, 0.2) is 6.04 Å². The van der Waals surface area contributed by atoms with Crippen LogP contribution in [0.15, 0.2) is 0 Å². The first-order valence-electron chi connectivity index (χ1n) is 5.59. The van der Waals surface area contributed by atoms with Crippen LogP contribution in [0, 0.1) is 5.92 Å². The van der Waals surface area contributed by atoms with Gasteiger partial charge in [-0.3, -0.25) is 0 Å². The predicted octanol–water partition coefficient (Wildman–Crippen LogP) is -0.842. The minimum absolute atomic E-state index is 0.316. The summed E-state index contributed by atoms with van der Waals surface area (Å²) in [7, 11) is 0. The van der Waals surface area contributed by atoms with Crippen LogP contribution in [-0.4, -0.2) is 54.6 Å². The number of nitrogens with one attached hydrogen (secondary N) is 2. The summed E-state index contributed by atoms with van der Waals surface area (Å²) in [5, 5.41) is 21.8. The molecule has 0 aromatic carbocycles. The zero-order valence-electron chi connectivity index (χ0n) is 9.52. The van der Waals surface area contributed by atoms with Crippen molar-refractivity contribution < 1.29 is 24.5 Å². The highest BCUT2D eigenvalue weighted by Crippen LogP contribution is 2.28. The molecule has 0 spiro atoms. The minimum Gasteiger partial charge on any atom is -0.480 e. The quantitative estimate of drug-likeness (QED) is 0.418. The summed E-state index contributed by atoms with van der Waals surface area (Å²) in [6, 6.07) is -1.90. The molecule has 0 aromatic rings. The van der Waals surface area contributed by atoms with Crippen LogP contribution in [0.25, 0.3) is 0 Å². The van der Waals surface area contributed by atoms with Crippen LogP contribution in [0.4, 0.5) is 4.79 Å². The minimum atomic E-state index is -1.28. The molecule has 1 aliphatic carbocycles. The third-order valence-electron chi connectivity index (χ3n) is 2.37. The Morgan fingerprint density at radius 2 is 2.12 bits per heavy atom. The molecule has 7 nitrogen and oxygen atoms in total. The van der Waals surface area contributed by atoms with Gasteiger partial charge in [0, 0.05) is 13.2 Å². The number of urea groups is 1. The van der Waals surface area contributed by atoms with Gasteiger partial charge in [0.25, 0.3) is 0 Å². The van der Waals surface area contributed by atoms with E-state index in [0.29, 0.717) is 19.1 Å². The maximum atomic E-state index is 11.2. The second kappa shape index (κ2) is 7.08. The molecule has 1 rings (SSSR count). The Labute approximate surface area is 99.1 Å². The third-order valence-corrected chi connectivity index (χ3v) is 2.37. The van der Waals surface area contributed by atoms with Crippen molar-refractivity contribution in [1.82, 2.24) is 10.6 Å². The molecular formula is C10H18N2O5. The number of hydrogen-bond donors (Lipinski definition) is 4. The Hall–Kier alpha value is -1.34. The Morgan fingerprint density at radius 1 is 1.41 bits per heavy atom. The fraction of sp³-hybridized carbons (Fsp3) is 0.800. The lowest BCUT2D eigenvalue weighted by atomic mass is 10.3. The molecule has 1 atom stereocenters. The number of ether oxygens (including phenoxy) is 1. The van der Waals surface area contributed by atoms with E-state index in [4.69, 9.17) is 14.9 Å². The van der Waals surface area contributed by atoms with Crippen molar-refractivity contribution in [2.45, 2.75) is 18.9 Å². The standard InChI is InChI=1S/C10H18N2O5/c13-5-8(9(14)15)12-10(16)11-3-4-17-6-7-1-2-7/h7-8,13H,1-6H2,(H,14,15)(H2,11,12,16)/t8-/m0/s1. The highest BCUT2D eigenvalue weighted by molar-refractivity contribution is 5.82. The van der Waals surface area contributed by atoms with E-state index in [1.165, 1.54) is 12.8 Å². The number of aliphatic hydroxyl groups is 1. The van der Waals surface area contributed by atoms with Gasteiger partial charge < -0.3 is 25.6 Å². The molecule has 0 radical (unpaired) electrons. The fourth-order valence-electron chi connectivity index (χ4n) is 1.17. The first-order chi connectivity index (χ1) is 8.13. The van der Waals surface area contributed by atoms with E-state index in [9.17, 15) is 9.59 Å². The maximum absolute atomic E-state index is 11.2. The molecule has 0 bridgehead atoms. The van der Waals surface area contributed by atoms with Crippen LogP contribution in [0.3, 0.4) is 0 Å². The largest absolute Gasteiger partial charge is 0.480 e. The molecule has 0 aromatic heterocycles. The lowest BCUT2D eigenvalue weighted by molar-refractivity contribution is -0.140. The van der Waals surface area contributed by atoms with Gasteiger partial charge in [-0.1, -0.05) is 0 Å². The van der Waals surface area contributed by atoms with Gasteiger partial charge >= 0.3 is 12.0 Å². The topological polar surface area (TPSA) is 108 Å². The summed E-state index contributed by atoms with van der Waals surface area (Å²) >= 11 is 0. The van der Waals surface area contributed by atoms with Crippen molar-refractivity contribution in [2.24, 2.45) is 5.92 Å². The van der Waals surface area contributed by atoms with Crippen LogP contribution < -0.4 is 10.6 Å². The van der Waals surface area contributed by atoms with Crippen molar-refractivity contribution in [3.05, 3.63) is 0 Å². The lowest BCUT2D eigenvalue weighted by Gasteiger charge is -2.12. The smallest absolute Gasteiger partial charge is 0.328 e. The van der Waals surface area contributed by atoms with Crippen molar-refractivity contribution in [3.8, 4) is 0 Å². The van der Waals surface area contributed by atoms with Gasteiger partial charge in [-0.2, -0.15) is 0 Å². The van der Waals surface area contributed by atoms with Gasteiger partial charge in [0.2, 0.25) is 0 Å². The molecule has 1 saturated carbocycles. The number of aliphatic hydroxyl groups excluding tert-OH is 1. The number of amides is 2. The number of carbonyl (C=O) groups is 2. The van der Waals surface area contributed by atoms with Gasteiger partial charge in [-0.25, -0.2) is 9.59 Å². The zero-order valence-corrected chi connectivity index (χ0v) is 9.52. The van der Waals surface area contributed by atoms with Crippen LogP contribution in [0.1, 0.15) is 12.8 Å². The summed E-state index contributed by atoms with van der Waals surface area (Å²) in [6.45, 7) is 0.801. The molecule has 1 fully saturated rings. The van der Waals surface area contributed by atoms with Crippen molar-refractivity contribution >= 4 is 12.0 Å². The van der Waals surface area contributed by atoms with Crippen LogP contribution >= 0.6 is 0 Å². The van der Waals surface area contributed by atoms with Gasteiger partial charge in [-0.15, -0.1) is 0 Å². The summed E-state index contributed by atoms with van der Waals surface area (Å²) in [5.41, 5.74) is 0. The molecule has 98 valence electrons. The average molecular weight is 246 g/mol. The van der Waals surface area contributed by atoms with E-state index in [1.54, 1.807) is 0 Å². The molecule has 0 aliphatic heterocycles. The molecule has 1 aliphatic rings. The maximum Gasteiger partial charge on any atom is 0.328 e. The van der Waals surface area contributed by atoms with E-state index in [-0.39, 0.29) is 0 Å². The summed E-state index contributed by atoms with van der Waals surface area (Å²) < 4.78 is 5.28. The number of rotatable bonds is 8. The fourth-order valence-corrected chi connectivity index (χ4v) is 1.17. The molecule has 0 saturated heterocycles. The summed E-state index contributed by atoms with van der Waals surface area (Å²) in [6.07, 6.45) is 2.43. The van der Waals surface area contributed by atoms with Crippen LogP contribution in [-0.2, 0) is 9.53 Å². The van der Waals surface area contributed by atoms with E-state index in [0.717, 1.165) is 6.61 Å². The Morgan fingerprint density at radius 3 is 2.65 bits per heavy atom. The van der Waals surface area contributed by atoms with Crippen molar-refractivity contribution in [2.75, 3.05) is 26.4 Å². The van der Waals surface area contributed by atoms with Gasteiger partial charge in [0.1, 0.15) is 0 Å². The molecule has 17 heavy (non-hydrogen) atoms. The van der Waals surface area contributed by atoms with Crippen molar-refractivity contribution in [1.29, 1.82) is 0 Å². The monoisotopic (exact) mass is 246 g/mol. The van der Waals surface area contributed by atoms with Gasteiger partial charge in [0.05, 0.1) is 13.2 Å². The van der Waals surface area contributed by atoms with Gasteiger partial charge in [-0.05, 0) is 18.8 Å². The van der Waals surface area contributed by atoms with E-state index >= 15 is 0 Å². The van der Waals surface area contributed by atoms with E-state index < -0.39 is 24.6 Å². The average Bonchev–Trinajstić information content (AvgIpc) is 3.09. The number of carbonyl (C=O) groups excluding carboxylic acids is 1. The summed E-state index contributed by atoms with van der Waals surface area (Å²) in [4.78, 5) is 21.7. The first-order valence-corrected chi connectivity index (χ1v) is 5.59. The Balaban J connectivity index is 2.00. The number of hydrogen-bond acceptors (Lipinski definition) is 4. The highest BCUT2D eigenvalue weighted by Gasteiger charge is 2.21. The molecule has 4 N–H and O–H groups in total. The van der Waals surface area contributed by atoms with Crippen LogP contribution in [0.2, 0.25) is 0 Å². The number of carboxylic acids is 1. The second-order valence-electron chi connectivity index (χ2n) is 3.99. The second-order valence-corrected chi connectivity index (χ2v) is 3.99. The predicted molar refractivity (Wildman–Crippen MR) is 58.6 cm³/mol. The first kappa shape index (κ1) is 13.7. The summed E-state index contributed by atoms with van der Waals surface area (Å²) in [5.74, 6) is -0.595.